The van der Waals surface area contributed by atoms with E-state index in [9.17, 15) is 18.3 Å². The molecule has 0 amide bonds. The van der Waals surface area contributed by atoms with E-state index in [1.165, 1.54) is 18.2 Å². The summed E-state index contributed by atoms with van der Waals surface area (Å²) in [5.74, 6) is -0.382. The number of hydrogen-bond acceptors (Lipinski definition) is 5. The monoisotopic (exact) mass is 432 g/mol. The summed E-state index contributed by atoms with van der Waals surface area (Å²) < 4.78 is 34.0. The van der Waals surface area contributed by atoms with E-state index < -0.39 is 16.0 Å². The Morgan fingerprint density at radius 1 is 1.10 bits per heavy atom. The van der Waals surface area contributed by atoms with Gasteiger partial charge in [-0.15, -0.1) is 0 Å². The largest absolute Gasteiger partial charge is 0.497 e. The van der Waals surface area contributed by atoms with E-state index in [0.29, 0.717) is 18.7 Å². The van der Waals surface area contributed by atoms with Crippen LogP contribution in [-0.4, -0.2) is 39.2 Å². The first-order chi connectivity index (χ1) is 14.4. The average molecular weight is 433 g/mol. The first-order valence-electron chi connectivity index (χ1n) is 10.2. The maximum Gasteiger partial charge on any atom is 0.335 e. The second kappa shape index (κ2) is 9.95. The van der Waals surface area contributed by atoms with Crippen LogP contribution in [0.3, 0.4) is 0 Å². The number of ether oxygens (including phenoxy) is 1. The molecule has 0 radical (unpaired) electrons. The van der Waals surface area contributed by atoms with Crippen LogP contribution < -0.4 is 14.8 Å². The van der Waals surface area contributed by atoms with E-state index in [0.717, 1.165) is 43.4 Å². The summed E-state index contributed by atoms with van der Waals surface area (Å²) in [4.78, 5) is 11.4. The second-order valence-corrected chi connectivity index (χ2v) is 9.18. The van der Waals surface area contributed by atoms with E-state index in [2.05, 4.69) is 10.0 Å². The topological polar surface area (TPSA) is 105 Å². The Bertz CT molecular complexity index is 968. The van der Waals surface area contributed by atoms with Crippen molar-refractivity contribution < 1.29 is 23.1 Å². The number of carbonyl (C=O) groups is 1. The summed E-state index contributed by atoms with van der Waals surface area (Å²) in [7, 11) is -2.23. The van der Waals surface area contributed by atoms with Gasteiger partial charge in [-0.25, -0.2) is 17.9 Å². The third kappa shape index (κ3) is 5.73. The van der Waals surface area contributed by atoms with Crippen molar-refractivity contribution in [3.8, 4) is 5.75 Å². The number of carboxylic acid groups (broad SMARTS) is 1. The van der Waals surface area contributed by atoms with Crippen molar-refractivity contribution in [2.75, 3.05) is 19.0 Å². The molecule has 0 heterocycles. The fourth-order valence-corrected chi connectivity index (χ4v) is 5.17. The Morgan fingerprint density at radius 3 is 2.43 bits per heavy atom. The maximum atomic E-state index is 13.0. The van der Waals surface area contributed by atoms with Crippen molar-refractivity contribution in [2.45, 2.75) is 49.5 Å². The molecule has 8 heteroatoms. The number of rotatable bonds is 9. The van der Waals surface area contributed by atoms with Gasteiger partial charge in [0, 0.05) is 12.6 Å². The summed E-state index contributed by atoms with van der Waals surface area (Å²) in [5.41, 5.74) is 1.42. The number of aromatic carboxylic acids is 1. The summed E-state index contributed by atoms with van der Waals surface area (Å²) in [5, 5.41) is 12.5. The molecule has 1 aliphatic rings. The highest BCUT2D eigenvalue weighted by Crippen LogP contribution is 2.26. The molecule has 0 aliphatic heterocycles. The van der Waals surface area contributed by atoms with Crippen LogP contribution in [0.15, 0.2) is 47.4 Å². The van der Waals surface area contributed by atoms with Gasteiger partial charge in [0.05, 0.1) is 18.4 Å². The third-order valence-electron chi connectivity index (χ3n) is 5.33. The van der Waals surface area contributed by atoms with Crippen molar-refractivity contribution in [2.24, 2.45) is 0 Å². The fourth-order valence-electron chi connectivity index (χ4n) is 3.66. The van der Waals surface area contributed by atoms with Crippen molar-refractivity contribution in [3.05, 3.63) is 53.6 Å². The van der Waals surface area contributed by atoms with Gasteiger partial charge in [0.1, 0.15) is 10.6 Å². The van der Waals surface area contributed by atoms with Gasteiger partial charge in [0.25, 0.3) is 0 Å². The van der Waals surface area contributed by atoms with Crippen molar-refractivity contribution >= 4 is 21.7 Å². The van der Waals surface area contributed by atoms with Gasteiger partial charge in [-0.2, -0.15) is 0 Å². The molecule has 1 aliphatic carbocycles. The molecule has 3 N–H and O–H groups in total. The number of benzene rings is 2. The molecule has 0 bridgehead atoms. The minimum Gasteiger partial charge on any atom is -0.497 e. The first kappa shape index (κ1) is 22.1. The lowest BCUT2D eigenvalue weighted by Crippen LogP contribution is -2.36. The Balaban J connectivity index is 1.76. The van der Waals surface area contributed by atoms with Gasteiger partial charge in [-0.3, -0.25) is 0 Å². The van der Waals surface area contributed by atoms with Gasteiger partial charge < -0.3 is 15.2 Å². The highest BCUT2D eigenvalue weighted by atomic mass is 32.2. The normalized spacial score (nSPS) is 15.0. The Morgan fingerprint density at radius 2 is 1.80 bits per heavy atom. The zero-order valence-corrected chi connectivity index (χ0v) is 17.9. The van der Waals surface area contributed by atoms with Crippen LogP contribution in [0.5, 0.6) is 5.75 Å². The van der Waals surface area contributed by atoms with Crippen LogP contribution in [0.4, 0.5) is 5.69 Å². The number of carboxylic acids is 1. The molecule has 0 spiro atoms. The predicted octanol–water partition coefficient (Wildman–Crippen LogP) is 3.66. The first-order valence-corrected chi connectivity index (χ1v) is 11.6. The van der Waals surface area contributed by atoms with Crippen molar-refractivity contribution in [1.82, 2.24) is 4.72 Å². The third-order valence-corrected chi connectivity index (χ3v) is 6.89. The quantitative estimate of drug-likeness (QED) is 0.559. The lowest BCUT2D eigenvalue weighted by molar-refractivity contribution is 0.0696. The fraction of sp³-hybridized carbons (Fsp3) is 0.409. The molecule has 0 unspecified atom stereocenters. The maximum absolute atomic E-state index is 13.0. The summed E-state index contributed by atoms with van der Waals surface area (Å²) >= 11 is 0. The predicted molar refractivity (Wildman–Crippen MR) is 116 cm³/mol. The minimum atomic E-state index is -3.84. The van der Waals surface area contributed by atoms with Crippen LogP contribution in [0, 0.1) is 0 Å². The standard InChI is InChI=1S/C22H28N2O5S/c1-29-19-10-7-16(8-11-19)13-14-23-20-12-9-17(22(25)26)15-21(20)30(27,28)24-18-5-3-2-4-6-18/h7-12,15,18,23-24H,2-6,13-14H2,1H3,(H,25,26). The summed E-state index contributed by atoms with van der Waals surface area (Å²) in [6.45, 7) is 0.505. The Hall–Kier alpha value is -2.58. The number of methoxy groups -OCH3 is 1. The van der Waals surface area contributed by atoms with E-state index in [-0.39, 0.29) is 16.5 Å². The van der Waals surface area contributed by atoms with Crippen molar-refractivity contribution in [3.63, 3.8) is 0 Å². The molecule has 1 saturated carbocycles. The highest BCUT2D eigenvalue weighted by Gasteiger charge is 2.25. The molecule has 0 aromatic heterocycles. The van der Waals surface area contributed by atoms with E-state index in [1.54, 1.807) is 7.11 Å². The SMILES string of the molecule is COc1ccc(CCNc2ccc(C(=O)O)cc2S(=O)(=O)NC2CCCCC2)cc1. The van der Waals surface area contributed by atoms with Crippen LogP contribution >= 0.6 is 0 Å². The zero-order chi connectivity index (χ0) is 21.6. The smallest absolute Gasteiger partial charge is 0.335 e. The zero-order valence-electron chi connectivity index (χ0n) is 17.1. The summed E-state index contributed by atoms with van der Waals surface area (Å²) in [6.07, 6.45) is 5.39. The Kier molecular flexibility index (Phi) is 7.33. The average Bonchev–Trinajstić information content (AvgIpc) is 2.74. The molecule has 2 aromatic carbocycles. The molecule has 0 atom stereocenters. The Labute approximate surface area is 177 Å². The molecule has 0 saturated heterocycles. The molecule has 30 heavy (non-hydrogen) atoms. The molecule has 7 nitrogen and oxygen atoms in total. The summed E-state index contributed by atoms with van der Waals surface area (Å²) in [6, 6.07) is 11.7. The lowest BCUT2D eigenvalue weighted by atomic mass is 9.96. The second-order valence-electron chi connectivity index (χ2n) is 7.50. The number of anilines is 1. The van der Waals surface area contributed by atoms with Crippen molar-refractivity contribution in [1.29, 1.82) is 0 Å². The molecule has 3 rings (SSSR count). The van der Waals surface area contributed by atoms with Crippen LogP contribution in [0.25, 0.3) is 0 Å². The molecular formula is C22H28N2O5S. The van der Waals surface area contributed by atoms with Gasteiger partial charge in [0.15, 0.2) is 0 Å². The number of hydrogen-bond donors (Lipinski definition) is 3. The lowest BCUT2D eigenvalue weighted by Gasteiger charge is -2.23. The molecular weight excluding hydrogens is 404 g/mol. The van der Waals surface area contributed by atoms with E-state index in [4.69, 9.17) is 4.74 Å². The van der Waals surface area contributed by atoms with Gasteiger partial charge in [-0.1, -0.05) is 31.4 Å². The van der Waals surface area contributed by atoms with Gasteiger partial charge >= 0.3 is 5.97 Å². The number of sulfonamides is 1. The van der Waals surface area contributed by atoms with Crippen LogP contribution in [-0.2, 0) is 16.4 Å². The van der Waals surface area contributed by atoms with Gasteiger partial charge in [0.2, 0.25) is 10.0 Å². The molecule has 162 valence electrons. The van der Waals surface area contributed by atoms with E-state index >= 15 is 0 Å². The molecule has 1 fully saturated rings. The van der Waals surface area contributed by atoms with Crippen LogP contribution in [0.2, 0.25) is 0 Å². The molecule has 2 aromatic rings. The van der Waals surface area contributed by atoms with E-state index in [1.807, 2.05) is 24.3 Å². The number of nitrogens with one attached hydrogen (secondary N) is 2. The highest BCUT2D eigenvalue weighted by molar-refractivity contribution is 7.89. The van der Waals surface area contributed by atoms with Crippen LogP contribution in [0.1, 0.15) is 48.0 Å². The van der Waals surface area contributed by atoms with Gasteiger partial charge in [-0.05, 0) is 55.2 Å². The minimum absolute atomic E-state index is 0.0253.